The summed E-state index contributed by atoms with van der Waals surface area (Å²) in [5, 5.41) is 0. The molecule has 1 aromatic carbocycles. The van der Waals surface area contributed by atoms with Crippen molar-refractivity contribution in [2.75, 3.05) is 7.11 Å². The summed E-state index contributed by atoms with van der Waals surface area (Å²) in [7, 11) is 1.22. The Morgan fingerprint density at radius 2 is 1.91 bits per heavy atom. The van der Waals surface area contributed by atoms with Gasteiger partial charge in [-0.25, -0.2) is 9.78 Å². The van der Waals surface area contributed by atoms with Crippen LogP contribution in [-0.2, 0) is 10.9 Å². The summed E-state index contributed by atoms with van der Waals surface area (Å²) < 4.78 is 49.3. The summed E-state index contributed by atoms with van der Waals surface area (Å²) in [6, 6.07) is 5.46. The molecule has 1 heterocycles. The summed E-state index contributed by atoms with van der Waals surface area (Å²) in [4.78, 5) is 15.1. The Bertz CT molecular complexity index is 730. The van der Waals surface area contributed by atoms with Crippen LogP contribution >= 0.6 is 15.9 Å². The van der Waals surface area contributed by atoms with E-state index in [1.807, 2.05) is 0 Å². The predicted octanol–water partition coefficient (Wildman–Crippen LogP) is 4.75. The van der Waals surface area contributed by atoms with Gasteiger partial charge in [0.2, 0.25) is 5.88 Å². The van der Waals surface area contributed by atoms with Crippen LogP contribution in [0, 0.1) is 6.92 Å². The lowest BCUT2D eigenvalue weighted by molar-refractivity contribution is -0.139. The molecule has 0 fully saturated rings. The van der Waals surface area contributed by atoms with Crippen LogP contribution in [0.4, 0.5) is 13.2 Å². The third-order valence-corrected chi connectivity index (χ3v) is 3.61. The fourth-order valence-corrected chi connectivity index (χ4v) is 2.38. The van der Waals surface area contributed by atoms with E-state index in [4.69, 9.17) is 4.74 Å². The van der Waals surface area contributed by atoms with Crippen LogP contribution in [0.1, 0.15) is 21.5 Å². The zero-order chi connectivity index (χ0) is 17.2. The number of pyridine rings is 1. The second kappa shape index (κ2) is 6.57. The van der Waals surface area contributed by atoms with E-state index in [1.54, 1.807) is 0 Å². The average Bonchev–Trinajstić information content (AvgIpc) is 2.49. The molecule has 0 saturated carbocycles. The van der Waals surface area contributed by atoms with Crippen LogP contribution in [0.2, 0.25) is 0 Å². The number of carbonyl (C=O) groups is 1. The molecule has 8 heteroatoms. The maximum Gasteiger partial charge on any atom is 0.421 e. The van der Waals surface area contributed by atoms with Crippen molar-refractivity contribution in [3.05, 3.63) is 51.6 Å². The number of alkyl halides is 3. The van der Waals surface area contributed by atoms with Crippen molar-refractivity contribution >= 4 is 21.9 Å². The molecule has 0 unspecified atom stereocenters. The molecule has 0 saturated heterocycles. The van der Waals surface area contributed by atoms with Gasteiger partial charge in [0.1, 0.15) is 11.3 Å². The lowest BCUT2D eigenvalue weighted by atomic mass is 10.1. The van der Waals surface area contributed by atoms with E-state index >= 15 is 0 Å². The first-order valence-corrected chi connectivity index (χ1v) is 7.12. The third kappa shape index (κ3) is 3.82. The minimum Gasteiger partial charge on any atom is -0.465 e. The number of carbonyl (C=O) groups excluding carboxylic acids is 1. The van der Waals surface area contributed by atoms with Crippen molar-refractivity contribution < 1.29 is 27.4 Å². The first kappa shape index (κ1) is 17.3. The number of halogens is 4. The summed E-state index contributed by atoms with van der Waals surface area (Å²) in [6.07, 6.45) is -3.42. The molecule has 0 spiro atoms. The normalized spacial score (nSPS) is 11.2. The van der Waals surface area contributed by atoms with Gasteiger partial charge in [0.05, 0.1) is 12.7 Å². The summed E-state index contributed by atoms with van der Waals surface area (Å²) in [5.41, 5.74) is -0.447. The highest BCUT2D eigenvalue weighted by atomic mass is 79.9. The van der Waals surface area contributed by atoms with Crippen molar-refractivity contribution in [3.8, 4) is 11.6 Å². The van der Waals surface area contributed by atoms with Crippen molar-refractivity contribution in [3.63, 3.8) is 0 Å². The van der Waals surface area contributed by atoms with E-state index in [-0.39, 0.29) is 21.7 Å². The first-order chi connectivity index (χ1) is 10.7. The van der Waals surface area contributed by atoms with Gasteiger partial charge in [0, 0.05) is 16.7 Å². The number of nitrogens with zero attached hydrogens (tertiary/aromatic N) is 1. The Morgan fingerprint density at radius 3 is 2.43 bits per heavy atom. The number of hydrogen-bond acceptors (Lipinski definition) is 4. The number of hydrogen-bond donors (Lipinski definition) is 0. The van der Waals surface area contributed by atoms with Gasteiger partial charge >= 0.3 is 12.1 Å². The molecular formula is C15H11BrF3NO3. The van der Waals surface area contributed by atoms with Crippen LogP contribution in [0.15, 0.2) is 34.9 Å². The van der Waals surface area contributed by atoms with Crippen LogP contribution in [0.25, 0.3) is 0 Å². The monoisotopic (exact) mass is 389 g/mol. The van der Waals surface area contributed by atoms with Gasteiger partial charge in [-0.1, -0.05) is 22.0 Å². The van der Waals surface area contributed by atoms with Gasteiger partial charge in [-0.2, -0.15) is 13.2 Å². The Kier molecular flexibility index (Phi) is 4.93. The van der Waals surface area contributed by atoms with E-state index in [0.29, 0.717) is 5.56 Å². The van der Waals surface area contributed by atoms with Crippen molar-refractivity contribution in [2.45, 2.75) is 13.1 Å². The molecule has 0 aliphatic heterocycles. The molecule has 0 amide bonds. The van der Waals surface area contributed by atoms with Crippen molar-refractivity contribution in [1.29, 1.82) is 0 Å². The molecule has 2 rings (SSSR count). The first-order valence-electron chi connectivity index (χ1n) is 6.32. The quantitative estimate of drug-likeness (QED) is 0.710. The molecule has 2 aromatic rings. The zero-order valence-corrected chi connectivity index (χ0v) is 13.7. The standard InChI is InChI=1S/C15H11BrF3NO3/c1-8-3-5-10(16)12(15(17,18)19)13(8)23-11-6-4-9(7-20-11)14(21)22-2/h3-7H,1-2H3. The topological polar surface area (TPSA) is 48.4 Å². The highest BCUT2D eigenvalue weighted by molar-refractivity contribution is 9.10. The SMILES string of the molecule is COC(=O)c1ccc(Oc2c(C)ccc(Br)c2C(F)(F)F)nc1. The van der Waals surface area contributed by atoms with Gasteiger partial charge < -0.3 is 9.47 Å². The van der Waals surface area contributed by atoms with Gasteiger partial charge in [-0.15, -0.1) is 0 Å². The number of aromatic nitrogens is 1. The van der Waals surface area contributed by atoms with E-state index in [0.717, 1.165) is 0 Å². The number of benzene rings is 1. The van der Waals surface area contributed by atoms with E-state index < -0.39 is 17.7 Å². The van der Waals surface area contributed by atoms with Crippen molar-refractivity contribution in [1.82, 2.24) is 4.98 Å². The Hall–Kier alpha value is -2.09. The molecule has 0 bridgehead atoms. The van der Waals surface area contributed by atoms with E-state index in [1.165, 1.54) is 44.5 Å². The number of esters is 1. The highest BCUT2D eigenvalue weighted by Gasteiger charge is 2.37. The lowest BCUT2D eigenvalue weighted by Gasteiger charge is -2.17. The molecule has 23 heavy (non-hydrogen) atoms. The Labute approximate surface area is 138 Å². The van der Waals surface area contributed by atoms with Crippen LogP contribution in [-0.4, -0.2) is 18.1 Å². The summed E-state index contributed by atoms with van der Waals surface area (Å²) >= 11 is 2.89. The molecule has 0 aliphatic carbocycles. The number of aryl methyl sites for hydroxylation is 1. The zero-order valence-electron chi connectivity index (χ0n) is 12.1. The minimum atomic E-state index is -4.59. The molecule has 0 N–H and O–H groups in total. The second-order valence-corrected chi connectivity index (χ2v) is 5.40. The Morgan fingerprint density at radius 1 is 1.22 bits per heavy atom. The van der Waals surface area contributed by atoms with Crippen LogP contribution in [0.5, 0.6) is 11.6 Å². The number of rotatable bonds is 3. The van der Waals surface area contributed by atoms with E-state index in [2.05, 4.69) is 25.7 Å². The second-order valence-electron chi connectivity index (χ2n) is 4.54. The molecule has 1 aromatic heterocycles. The largest absolute Gasteiger partial charge is 0.465 e. The fourth-order valence-electron chi connectivity index (χ4n) is 1.84. The van der Waals surface area contributed by atoms with Gasteiger partial charge in [0.25, 0.3) is 0 Å². The summed E-state index contributed by atoms with van der Waals surface area (Å²) in [5.74, 6) is -1.01. The number of methoxy groups -OCH3 is 1. The van der Waals surface area contributed by atoms with Gasteiger partial charge in [-0.05, 0) is 24.6 Å². The fraction of sp³-hybridized carbons (Fsp3) is 0.200. The maximum atomic E-state index is 13.2. The lowest BCUT2D eigenvalue weighted by Crippen LogP contribution is -2.10. The van der Waals surface area contributed by atoms with Gasteiger partial charge in [0.15, 0.2) is 0 Å². The highest BCUT2D eigenvalue weighted by Crippen LogP contribution is 2.44. The molecular weight excluding hydrogens is 379 g/mol. The molecule has 0 atom stereocenters. The molecule has 0 radical (unpaired) electrons. The smallest absolute Gasteiger partial charge is 0.421 e. The molecule has 4 nitrogen and oxygen atoms in total. The van der Waals surface area contributed by atoms with Crippen molar-refractivity contribution in [2.24, 2.45) is 0 Å². The summed E-state index contributed by atoms with van der Waals surface area (Å²) in [6.45, 7) is 1.50. The Balaban J connectivity index is 2.41. The molecule has 0 aliphatic rings. The average molecular weight is 390 g/mol. The number of ether oxygens (including phenoxy) is 2. The molecule has 122 valence electrons. The van der Waals surface area contributed by atoms with Gasteiger partial charge in [-0.3, -0.25) is 0 Å². The predicted molar refractivity (Wildman–Crippen MR) is 79.5 cm³/mol. The van der Waals surface area contributed by atoms with E-state index in [9.17, 15) is 18.0 Å². The maximum absolute atomic E-state index is 13.2. The minimum absolute atomic E-state index is 0.0654. The third-order valence-electron chi connectivity index (χ3n) is 2.95. The van der Waals surface area contributed by atoms with Crippen LogP contribution in [0.3, 0.4) is 0 Å². The van der Waals surface area contributed by atoms with Crippen LogP contribution < -0.4 is 4.74 Å².